The number of rotatable bonds is 3. The van der Waals surface area contributed by atoms with E-state index in [4.69, 9.17) is 5.73 Å². The summed E-state index contributed by atoms with van der Waals surface area (Å²) in [7, 11) is 0. The molecule has 1 fully saturated rings. The molecule has 0 radical (unpaired) electrons. The minimum atomic E-state index is -0.928. The number of benzene rings is 1. The van der Waals surface area contributed by atoms with Gasteiger partial charge in [-0.05, 0) is 37.1 Å². The zero-order valence-electron chi connectivity index (χ0n) is 11.8. The van der Waals surface area contributed by atoms with Crippen molar-refractivity contribution < 1.29 is 19.2 Å². The number of hydrogen-bond acceptors (Lipinski definition) is 5. The van der Waals surface area contributed by atoms with E-state index in [-0.39, 0.29) is 24.3 Å². The van der Waals surface area contributed by atoms with Crippen molar-refractivity contribution in [3.63, 3.8) is 0 Å². The maximum atomic E-state index is 12.5. The van der Waals surface area contributed by atoms with Crippen LogP contribution in [0.5, 0.6) is 0 Å². The third-order valence-electron chi connectivity index (χ3n) is 3.94. The van der Waals surface area contributed by atoms with Crippen LogP contribution in [0, 0.1) is 0 Å². The van der Waals surface area contributed by atoms with Gasteiger partial charge in [0.05, 0.1) is 11.1 Å². The van der Waals surface area contributed by atoms with Gasteiger partial charge < -0.3 is 5.73 Å². The van der Waals surface area contributed by atoms with Gasteiger partial charge in [0.25, 0.3) is 11.8 Å². The van der Waals surface area contributed by atoms with Gasteiger partial charge in [0.1, 0.15) is 6.04 Å². The lowest BCUT2D eigenvalue weighted by Crippen LogP contribution is -2.54. The number of fused-ring (bicyclic) bond motifs is 1. The number of nitrogens with two attached hydrogens (primary N) is 1. The summed E-state index contributed by atoms with van der Waals surface area (Å²) in [5.74, 6) is -1.97. The Labute approximate surface area is 126 Å². The van der Waals surface area contributed by atoms with E-state index in [1.54, 1.807) is 18.2 Å². The highest BCUT2D eigenvalue weighted by atomic mass is 16.2. The second kappa shape index (κ2) is 5.34. The van der Waals surface area contributed by atoms with Crippen LogP contribution in [0.15, 0.2) is 18.2 Å². The molecular weight excluding hydrogens is 286 g/mol. The molecule has 0 saturated carbocycles. The lowest BCUT2D eigenvalue weighted by molar-refractivity contribution is -0.136. The molecule has 2 aliphatic rings. The summed E-state index contributed by atoms with van der Waals surface area (Å²) in [6.07, 6.45) is 0.876. The lowest BCUT2D eigenvalue weighted by atomic mass is 10.0. The van der Waals surface area contributed by atoms with Gasteiger partial charge in [0.2, 0.25) is 11.8 Å². The Bertz CT molecular complexity index is 698. The Balaban J connectivity index is 1.93. The lowest BCUT2D eigenvalue weighted by Gasteiger charge is -2.27. The first-order valence-corrected chi connectivity index (χ1v) is 7.07. The number of imide groups is 2. The molecule has 22 heavy (non-hydrogen) atoms. The second-order valence-corrected chi connectivity index (χ2v) is 5.37. The molecule has 7 heteroatoms. The Morgan fingerprint density at radius 3 is 2.55 bits per heavy atom. The van der Waals surface area contributed by atoms with E-state index < -0.39 is 23.8 Å². The maximum absolute atomic E-state index is 12.5. The summed E-state index contributed by atoms with van der Waals surface area (Å²) in [6.45, 7) is 0.442. The van der Waals surface area contributed by atoms with Crippen molar-refractivity contribution in [1.82, 2.24) is 10.2 Å². The second-order valence-electron chi connectivity index (χ2n) is 5.37. The number of carbonyl (C=O) groups is 4. The largest absolute Gasteiger partial charge is 0.330 e. The van der Waals surface area contributed by atoms with Crippen LogP contribution < -0.4 is 11.1 Å². The quantitative estimate of drug-likeness (QED) is 0.737. The molecule has 1 saturated heterocycles. The van der Waals surface area contributed by atoms with Gasteiger partial charge in [-0.25, -0.2) is 0 Å². The van der Waals surface area contributed by atoms with Gasteiger partial charge in [-0.2, -0.15) is 0 Å². The summed E-state index contributed by atoms with van der Waals surface area (Å²) < 4.78 is 0. The van der Waals surface area contributed by atoms with Crippen molar-refractivity contribution in [2.75, 3.05) is 6.54 Å². The normalized spacial score (nSPS) is 21.1. The SMILES string of the molecule is NCCc1ccc2c(c1)C(=O)N(C1CCC(=O)NC1=O)C2=O. The van der Waals surface area contributed by atoms with Crippen LogP contribution in [0.1, 0.15) is 39.1 Å². The summed E-state index contributed by atoms with van der Waals surface area (Å²) in [6, 6.07) is 4.06. The van der Waals surface area contributed by atoms with Gasteiger partial charge in [-0.1, -0.05) is 6.07 Å². The Morgan fingerprint density at radius 1 is 1.14 bits per heavy atom. The van der Waals surface area contributed by atoms with Gasteiger partial charge in [-0.15, -0.1) is 0 Å². The molecule has 0 spiro atoms. The molecule has 114 valence electrons. The number of hydrogen-bond donors (Lipinski definition) is 2. The highest BCUT2D eigenvalue weighted by molar-refractivity contribution is 6.23. The van der Waals surface area contributed by atoms with Crippen LogP contribution in [0.25, 0.3) is 0 Å². The summed E-state index contributed by atoms with van der Waals surface area (Å²) in [4.78, 5) is 49.0. The Kier molecular flexibility index (Phi) is 3.50. The highest BCUT2D eigenvalue weighted by Crippen LogP contribution is 2.28. The molecule has 1 unspecified atom stereocenters. The molecule has 1 aromatic rings. The fourth-order valence-corrected chi connectivity index (χ4v) is 2.84. The van der Waals surface area contributed by atoms with Crippen molar-refractivity contribution >= 4 is 23.6 Å². The molecule has 3 N–H and O–H groups in total. The molecule has 1 aromatic carbocycles. The van der Waals surface area contributed by atoms with Crippen LogP contribution in [-0.2, 0) is 16.0 Å². The number of amides is 4. The molecule has 2 aliphatic heterocycles. The molecule has 4 amide bonds. The van der Waals surface area contributed by atoms with Gasteiger partial charge >= 0.3 is 0 Å². The van der Waals surface area contributed by atoms with Crippen LogP contribution >= 0.6 is 0 Å². The van der Waals surface area contributed by atoms with Crippen LogP contribution in [-0.4, -0.2) is 41.1 Å². The van der Waals surface area contributed by atoms with Crippen LogP contribution in [0.2, 0.25) is 0 Å². The average molecular weight is 301 g/mol. The Morgan fingerprint density at radius 2 is 1.86 bits per heavy atom. The van der Waals surface area contributed by atoms with E-state index in [1.807, 2.05) is 0 Å². The van der Waals surface area contributed by atoms with Crippen molar-refractivity contribution in [2.45, 2.75) is 25.3 Å². The summed E-state index contributed by atoms with van der Waals surface area (Å²) in [5.41, 5.74) is 6.94. The average Bonchev–Trinajstić information content (AvgIpc) is 2.72. The van der Waals surface area contributed by atoms with Gasteiger partial charge in [0, 0.05) is 6.42 Å². The predicted molar refractivity (Wildman–Crippen MR) is 75.9 cm³/mol. The van der Waals surface area contributed by atoms with Crippen LogP contribution in [0.4, 0.5) is 0 Å². The van der Waals surface area contributed by atoms with E-state index in [0.29, 0.717) is 18.5 Å². The summed E-state index contributed by atoms with van der Waals surface area (Å²) in [5, 5.41) is 2.17. The zero-order chi connectivity index (χ0) is 15.9. The first-order valence-electron chi connectivity index (χ1n) is 7.07. The van der Waals surface area contributed by atoms with E-state index >= 15 is 0 Å². The van der Waals surface area contributed by atoms with E-state index in [9.17, 15) is 19.2 Å². The van der Waals surface area contributed by atoms with E-state index in [1.165, 1.54) is 0 Å². The summed E-state index contributed by atoms with van der Waals surface area (Å²) >= 11 is 0. The van der Waals surface area contributed by atoms with E-state index in [0.717, 1.165) is 10.5 Å². The number of carbonyl (C=O) groups excluding carboxylic acids is 4. The molecule has 2 heterocycles. The van der Waals surface area contributed by atoms with Crippen molar-refractivity contribution in [2.24, 2.45) is 5.73 Å². The predicted octanol–water partition coefficient (Wildman–Crippen LogP) is -0.411. The number of nitrogens with zero attached hydrogens (tertiary/aromatic N) is 1. The minimum Gasteiger partial charge on any atom is -0.330 e. The van der Waals surface area contributed by atoms with Crippen LogP contribution in [0.3, 0.4) is 0 Å². The topological polar surface area (TPSA) is 110 Å². The smallest absolute Gasteiger partial charge is 0.262 e. The minimum absolute atomic E-state index is 0.113. The molecule has 0 aromatic heterocycles. The fourth-order valence-electron chi connectivity index (χ4n) is 2.84. The molecule has 7 nitrogen and oxygen atoms in total. The molecule has 0 bridgehead atoms. The van der Waals surface area contributed by atoms with Crippen molar-refractivity contribution in [1.29, 1.82) is 0 Å². The molecule has 0 aliphatic carbocycles. The van der Waals surface area contributed by atoms with Gasteiger partial charge in [0.15, 0.2) is 0 Å². The van der Waals surface area contributed by atoms with E-state index in [2.05, 4.69) is 5.32 Å². The standard InChI is InChI=1S/C15H15N3O4/c16-6-5-8-1-2-9-10(7-8)15(22)18(14(9)21)11-3-4-12(19)17-13(11)20/h1-2,7,11H,3-6,16H2,(H,17,19,20). The van der Waals surface area contributed by atoms with Crippen molar-refractivity contribution in [3.8, 4) is 0 Å². The molecular formula is C15H15N3O4. The first kappa shape index (κ1) is 14.4. The third kappa shape index (κ3) is 2.19. The molecule has 1 atom stereocenters. The first-order chi connectivity index (χ1) is 10.5. The van der Waals surface area contributed by atoms with Crippen molar-refractivity contribution in [3.05, 3.63) is 34.9 Å². The fraction of sp³-hybridized carbons (Fsp3) is 0.333. The maximum Gasteiger partial charge on any atom is 0.262 e. The Hall–Kier alpha value is -2.54. The van der Waals surface area contributed by atoms with Gasteiger partial charge in [-0.3, -0.25) is 29.4 Å². The monoisotopic (exact) mass is 301 g/mol. The molecule has 3 rings (SSSR count). The highest BCUT2D eigenvalue weighted by Gasteiger charge is 2.44. The number of piperidine rings is 1. The number of nitrogens with one attached hydrogen (secondary N) is 1. The zero-order valence-corrected chi connectivity index (χ0v) is 11.8. The third-order valence-corrected chi connectivity index (χ3v) is 3.94.